The van der Waals surface area contributed by atoms with E-state index >= 15 is 0 Å². The summed E-state index contributed by atoms with van der Waals surface area (Å²) in [7, 11) is 4.13. The summed E-state index contributed by atoms with van der Waals surface area (Å²) in [6.45, 7) is 5.43. The van der Waals surface area contributed by atoms with Crippen LogP contribution in [0.4, 0.5) is 0 Å². The number of hydrogen-bond donors (Lipinski definition) is 1. The van der Waals surface area contributed by atoms with Crippen molar-refractivity contribution < 1.29 is 4.74 Å². The molecule has 0 aromatic heterocycles. The number of likely N-dealkylation sites (N-methyl/N-ethyl adjacent to an activating group) is 1. The van der Waals surface area contributed by atoms with Gasteiger partial charge in [0.15, 0.2) is 0 Å². The number of rotatable bonds is 7. The third kappa shape index (κ3) is 5.39. The monoisotopic (exact) mass is 256 g/mol. The van der Waals surface area contributed by atoms with Gasteiger partial charge in [-0.2, -0.15) is 0 Å². The van der Waals surface area contributed by atoms with E-state index in [1.165, 1.54) is 5.56 Å². The van der Waals surface area contributed by atoms with Crippen molar-refractivity contribution in [2.45, 2.75) is 13.5 Å². The van der Waals surface area contributed by atoms with Gasteiger partial charge < -0.3 is 15.0 Å². The van der Waals surface area contributed by atoms with Crippen LogP contribution in [-0.2, 0) is 6.54 Å². The molecule has 1 N–H and O–H groups in total. The summed E-state index contributed by atoms with van der Waals surface area (Å²) in [6, 6.07) is 5.92. The predicted molar refractivity (Wildman–Crippen MR) is 72.9 cm³/mol. The van der Waals surface area contributed by atoms with Crippen molar-refractivity contribution >= 4 is 11.6 Å². The highest BCUT2D eigenvalue weighted by Crippen LogP contribution is 2.25. The van der Waals surface area contributed by atoms with Crippen molar-refractivity contribution in [2.24, 2.45) is 0 Å². The van der Waals surface area contributed by atoms with Crippen LogP contribution in [0.2, 0.25) is 5.02 Å². The fraction of sp³-hybridized carbons (Fsp3) is 0.538. The SMILES string of the molecule is CCOc1ccc(CNCCN(C)C)cc1Cl. The first-order chi connectivity index (χ1) is 8.13. The fourth-order valence-electron chi connectivity index (χ4n) is 1.46. The minimum Gasteiger partial charge on any atom is -0.492 e. The second-order valence-corrected chi connectivity index (χ2v) is 4.59. The maximum atomic E-state index is 6.11. The van der Waals surface area contributed by atoms with Crippen molar-refractivity contribution in [1.29, 1.82) is 0 Å². The summed E-state index contributed by atoms with van der Waals surface area (Å²) in [6.07, 6.45) is 0. The maximum Gasteiger partial charge on any atom is 0.137 e. The molecular formula is C13H21ClN2O. The summed E-state index contributed by atoms with van der Waals surface area (Å²) in [5.41, 5.74) is 1.18. The van der Waals surface area contributed by atoms with Crippen molar-refractivity contribution in [2.75, 3.05) is 33.8 Å². The molecule has 0 amide bonds. The van der Waals surface area contributed by atoms with Crippen LogP contribution < -0.4 is 10.1 Å². The number of ether oxygens (including phenoxy) is 1. The highest BCUT2D eigenvalue weighted by molar-refractivity contribution is 6.32. The molecule has 0 saturated carbocycles. The molecule has 0 bridgehead atoms. The summed E-state index contributed by atoms with van der Waals surface area (Å²) in [4.78, 5) is 2.15. The molecule has 4 heteroatoms. The van der Waals surface area contributed by atoms with Gasteiger partial charge in [0.05, 0.1) is 11.6 Å². The second-order valence-electron chi connectivity index (χ2n) is 4.18. The number of benzene rings is 1. The molecule has 17 heavy (non-hydrogen) atoms. The topological polar surface area (TPSA) is 24.5 Å². The molecule has 96 valence electrons. The van der Waals surface area contributed by atoms with Crippen molar-refractivity contribution in [3.05, 3.63) is 28.8 Å². The Morgan fingerprint density at radius 2 is 2.12 bits per heavy atom. The summed E-state index contributed by atoms with van der Waals surface area (Å²) < 4.78 is 5.39. The maximum absolute atomic E-state index is 6.11. The Bertz CT molecular complexity index is 342. The first-order valence-electron chi connectivity index (χ1n) is 5.90. The number of nitrogens with one attached hydrogen (secondary N) is 1. The van der Waals surface area contributed by atoms with E-state index in [9.17, 15) is 0 Å². The van der Waals surface area contributed by atoms with Crippen LogP contribution in [0.5, 0.6) is 5.75 Å². The van der Waals surface area contributed by atoms with Gasteiger partial charge >= 0.3 is 0 Å². The largest absolute Gasteiger partial charge is 0.492 e. The number of nitrogens with zero attached hydrogens (tertiary/aromatic N) is 1. The van der Waals surface area contributed by atoms with Crippen molar-refractivity contribution in [1.82, 2.24) is 10.2 Å². The molecule has 0 aliphatic rings. The molecule has 1 rings (SSSR count). The van der Waals surface area contributed by atoms with E-state index in [4.69, 9.17) is 16.3 Å². The Hall–Kier alpha value is -0.770. The first kappa shape index (κ1) is 14.3. The van der Waals surface area contributed by atoms with Crippen molar-refractivity contribution in [3.8, 4) is 5.75 Å². The molecule has 0 fully saturated rings. The van der Waals surface area contributed by atoms with Gasteiger partial charge in [-0.25, -0.2) is 0 Å². The van der Waals surface area contributed by atoms with Gasteiger partial charge in [-0.05, 0) is 38.7 Å². The van der Waals surface area contributed by atoms with Gasteiger partial charge in [0.1, 0.15) is 5.75 Å². The normalized spacial score (nSPS) is 10.9. The summed E-state index contributed by atoms with van der Waals surface area (Å²) in [5.74, 6) is 0.756. The molecule has 1 aromatic carbocycles. The molecule has 1 aromatic rings. The predicted octanol–water partition coefficient (Wildman–Crippen LogP) is 2.39. The number of halogens is 1. The van der Waals surface area contributed by atoms with Gasteiger partial charge in [-0.15, -0.1) is 0 Å². The van der Waals surface area contributed by atoms with Crippen LogP contribution in [-0.4, -0.2) is 38.7 Å². The highest BCUT2D eigenvalue weighted by Gasteiger charge is 2.02. The molecular weight excluding hydrogens is 236 g/mol. The Morgan fingerprint density at radius 3 is 2.71 bits per heavy atom. The summed E-state index contributed by atoms with van der Waals surface area (Å²) in [5, 5.41) is 4.05. The van der Waals surface area contributed by atoms with E-state index in [2.05, 4.69) is 24.3 Å². The number of hydrogen-bond acceptors (Lipinski definition) is 3. The van der Waals surface area contributed by atoms with E-state index in [0.29, 0.717) is 11.6 Å². The van der Waals surface area contributed by atoms with Crippen LogP contribution in [0.15, 0.2) is 18.2 Å². The van der Waals surface area contributed by atoms with E-state index < -0.39 is 0 Å². The lowest BCUT2D eigenvalue weighted by Gasteiger charge is -2.11. The minimum absolute atomic E-state index is 0.639. The van der Waals surface area contributed by atoms with Gasteiger partial charge in [0, 0.05) is 19.6 Å². The average Bonchev–Trinajstić information content (AvgIpc) is 2.28. The molecule has 0 heterocycles. The molecule has 0 saturated heterocycles. The lowest BCUT2D eigenvalue weighted by Crippen LogP contribution is -2.26. The molecule has 0 aliphatic heterocycles. The Balaban J connectivity index is 2.41. The molecule has 0 atom stereocenters. The van der Waals surface area contributed by atoms with Crippen LogP contribution in [0.25, 0.3) is 0 Å². The molecule has 3 nitrogen and oxygen atoms in total. The molecule has 0 unspecified atom stereocenters. The van der Waals surface area contributed by atoms with Gasteiger partial charge in [0.2, 0.25) is 0 Å². The Morgan fingerprint density at radius 1 is 1.35 bits per heavy atom. The lowest BCUT2D eigenvalue weighted by molar-refractivity contribution is 0.340. The average molecular weight is 257 g/mol. The van der Waals surface area contributed by atoms with Crippen molar-refractivity contribution in [3.63, 3.8) is 0 Å². The third-order valence-corrected chi connectivity index (χ3v) is 2.66. The third-order valence-electron chi connectivity index (χ3n) is 2.36. The molecule has 0 aliphatic carbocycles. The summed E-state index contributed by atoms with van der Waals surface area (Å²) >= 11 is 6.11. The van der Waals surface area contributed by atoms with E-state index in [1.807, 2.05) is 25.1 Å². The van der Waals surface area contributed by atoms with Gasteiger partial charge in [-0.1, -0.05) is 17.7 Å². The minimum atomic E-state index is 0.639. The fourth-order valence-corrected chi connectivity index (χ4v) is 1.72. The second kappa shape index (κ2) is 7.54. The molecule has 0 spiro atoms. The van der Waals surface area contributed by atoms with Crippen LogP contribution in [0.3, 0.4) is 0 Å². The van der Waals surface area contributed by atoms with Crippen LogP contribution >= 0.6 is 11.6 Å². The highest BCUT2D eigenvalue weighted by atomic mass is 35.5. The molecule has 0 radical (unpaired) electrons. The zero-order chi connectivity index (χ0) is 12.7. The van der Waals surface area contributed by atoms with E-state index in [-0.39, 0.29) is 0 Å². The van der Waals surface area contributed by atoms with Crippen LogP contribution in [0, 0.1) is 0 Å². The van der Waals surface area contributed by atoms with Crippen LogP contribution in [0.1, 0.15) is 12.5 Å². The first-order valence-corrected chi connectivity index (χ1v) is 6.28. The lowest BCUT2D eigenvalue weighted by atomic mass is 10.2. The van der Waals surface area contributed by atoms with Gasteiger partial charge in [-0.3, -0.25) is 0 Å². The van der Waals surface area contributed by atoms with Gasteiger partial charge in [0.25, 0.3) is 0 Å². The Kier molecular flexibility index (Phi) is 6.34. The zero-order valence-electron chi connectivity index (χ0n) is 10.8. The Labute approximate surface area is 109 Å². The standard InChI is InChI=1S/C13H21ClN2O/c1-4-17-13-6-5-11(9-12(13)14)10-15-7-8-16(2)3/h5-6,9,15H,4,7-8,10H2,1-3H3. The smallest absolute Gasteiger partial charge is 0.137 e. The quantitative estimate of drug-likeness (QED) is 0.759. The van der Waals surface area contributed by atoms with E-state index in [1.54, 1.807) is 0 Å². The zero-order valence-corrected chi connectivity index (χ0v) is 11.5. The van der Waals surface area contributed by atoms with E-state index in [0.717, 1.165) is 25.4 Å².